The van der Waals surface area contributed by atoms with E-state index in [4.69, 9.17) is 10.8 Å². The van der Waals surface area contributed by atoms with Crippen LogP contribution in [0.4, 0.5) is 13.2 Å². The molecule has 0 saturated carbocycles. The molecule has 0 saturated heterocycles. The van der Waals surface area contributed by atoms with Crippen LogP contribution >= 0.6 is 0 Å². The predicted octanol–water partition coefficient (Wildman–Crippen LogP) is 1.45. The maximum atomic E-state index is 13.1. The van der Waals surface area contributed by atoms with Crippen LogP contribution in [0.15, 0.2) is 12.1 Å². The Labute approximate surface area is 89.7 Å². The first-order valence-corrected chi connectivity index (χ1v) is 4.53. The number of hydrogen-bond donors (Lipinski definition) is 2. The van der Waals surface area contributed by atoms with Crippen LogP contribution in [0.1, 0.15) is 12.0 Å². The summed E-state index contributed by atoms with van der Waals surface area (Å²) in [5.74, 6) is -4.57. The summed E-state index contributed by atoms with van der Waals surface area (Å²) in [6, 6.07) is -0.0107. The van der Waals surface area contributed by atoms with Gasteiger partial charge in [0.2, 0.25) is 0 Å². The Morgan fingerprint density at radius 2 is 1.81 bits per heavy atom. The van der Waals surface area contributed by atoms with Crippen LogP contribution in [-0.2, 0) is 11.2 Å². The Bertz CT molecular complexity index is 409. The molecule has 1 aromatic rings. The zero-order valence-corrected chi connectivity index (χ0v) is 8.21. The van der Waals surface area contributed by atoms with Crippen LogP contribution in [0.3, 0.4) is 0 Å². The Morgan fingerprint density at radius 1 is 1.25 bits per heavy atom. The summed E-state index contributed by atoms with van der Waals surface area (Å²) in [6.07, 6.45) is -0.103. The van der Waals surface area contributed by atoms with E-state index >= 15 is 0 Å². The number of rotatable bonds is 4. The van der Waals surface area contributed by atoms with E-state index in [1.54, 1.807) is 0 Å². The molecular formula is C10H10F3NO2. The van der Waals surface area contributed by atoms with Crippen molar-refractivity contribution < 1.29 is 23.1 Å². The molecule has 0 fully saturated rings. The van der Waals surface area contributed by atoms with E-state index in [2.05, 4.69) is 0 Å². The molecule has 6 heteroatoms. The Hall–Kier alpha value is -1.56. The Morgan fingerprint density at radius 3 is 2.38 bits per heavy atom. The van der Waals surface area contributed by atoms with Gasteiger partial charge in [-0.1, -0.05) is 0 Å². The quantitative estimate of drug-likeness (QED) is 0.773. The van der Waals surface area contributed by atoms with E-state index in [1.165, 1.54) is 0 Å². The van der Waals surface area contributed by atoms with E-state index in [0.717, 1.165) is 0 Å². The van der Waals surface area contributed by atoms with Crippen LogP contribution in [0.5, 0.6) is 0 Å². The maximum Gasteiger partial charge on any atom is 0.320 e. The zero-order chi connectivity index (χ0) is 12.3. The normalized spacial score (nSPS) is 12.5. The molecule has 16 heavy (non-hydrogen) atoms. The number of halogens is 3. The SMILES string of the molecule is N[C@H](CCc1cc(F)c(F)cc1F)C(=O)O. The van der Waals surface area contributed by atoms with Crippen LogP contribution in [-0.4, -0.2) is 17.1 Å². The van der Waals surface area contributed by atoms with Gasteiger partial charge in [0, 0.05) is 6.07 Å². The average Bonchev–Trinajstić information content (AvgIpc) is 2.20. The summed E-state index contributed by atoms with van der Waals surface area (Å²) in [5.41, 5.74) is 5.11. The van der Waals surface area contributed by atoms with Crippen molar-refractivity contribution in [1.29, 1.82) is 0 Å². The molecule has 0 spiro atoms. The number of aliphatic carboxylic acids is 1. The van der Waals surface area contributed by atoms with Crippen molar-refractivity contribution in [2.75, 3.05) is 0 Å². The lowest BCUT2D eigenvalue weighted by Crippen LogP contribution is -2.30. The molecule has 1 atom stereocenters. The number of benzene rings is 1. The number of hydrogen-bond acceptors (Lipinski definition) is 2. The molecule has 1 aromatic carbocycles. The highest BCUT2D eigenvalue weighted by molar-refractivity contribution is 5.73. The second-order valence-corrected chi connectivity index (χ2v) is 3.34. The first-order valence-electron chi connectivity index (χ1n) is 4.53. The average molecular weight is 233 g/mol. The highest BCUT2D eigenvalue weighted by atomic mass is 19.2. The van der Waals surface area contributed by atoms with Gasteiger partial charge in [0.15, 0.2) is 11.6 Å². The standard InChI is InChI=1S/C10H10F3NO2/c11-6-4-8(13)7(12)3-5(6)1-2-9(14)10(15)16/h3-4,9H,1-2,14H2,(H,15,16)/t9-/m1/s1. The third-order valence-corrected chi connectivity index (χ3v) is 2.13. The first-order chi connectivity index (χ1) is 7.41. The number of carboxylic acids is 1. The van der Waals surface area contributed by atoms with E-state index in [0.29, 0.717) is 12.1 Å². The van der Waals surface area contributed by atoms with Gasteiger partial charge in [-0.2, -0.15) is 0 Å². The van der Waals surface area contributed by atoms with Crippen LogP contribution < -0.4 is 5.73 Å². The third kappa shape index (κ3) is 2.96. The Balaban J connectivity index is 2.74. The van der Waals surface area contributed by atoms with Gasteiger partial charge in [0.05, 0.1) is 0 Å². The minimum Gasteiger partial charge on any atom is -0.480 e. The number of carbonyl (C=O) groups is 1. The molecule has 3 nitrogen and oxygen atoms in total. The largest absolute Gasteiger partial charge is 0.480 e. The highest BCUT2D eigenvalue weighted by Gasteiger charge is 2.14. The minimum absolute atomic E-state index is 0.0443. The maximum absolute atomic E-state index is 13.1. The summed E-state index contributed by atoms with van der Waals surface area (Å²) < 4.78 is 38.4. The number of aryl methyl sites for hydroxylation is 1. The molecule has 0 unspecified atom stereocenters. The Kier molecular flexibility index (Phi) is 3.89. The molecule has 1 rings (SSSR count). The minimum atomic E-state index is -1.27. The van der Waals surface area contributed by atoms with Crippen molar-refractivity contribution >= 4 is 5.97 Å². The summed E-state index contributed by atoms with van der Waals surface area (Å²) in [6.45, 7) is 0. The van der Waals surface area contributed by atoms with E-state index in [1.807, 2.05) is 0 Å². The molecule has 0 radical (unpaired) electrons. The van der Waals surface area contributed by atoms with Crippen molar-refractivity contribution in [3.63, 3.8) is 0 Å². The summed E-state index contributed by atoms with van der Waals surface area (Å²) in [4.78, 5) is 10.4. The highest BCUT2D eigenvalue weighted by Crippen LogP contribution is 2.15. The van der Waals surface area contributed by atoms with Gasteiger partial charge in [-0.25, -0.2) is 13.2 Å². The second-order valence-electron chi connectivity index (χ2n) is 3.34. The third-order valence-electron chi connectivity index (χ3n) is 2.13. The van der Waals surface area contributed by atoms with Gasteiger partial charge < -0.3 is 10.8 Å². The molecule has 0 aromatic heterocycles. The van der Waals surface area contributed by atoms with Crippen molar-refractivity contribution in [1.82, 2.24) is 0 Å². The van der Waals surface area contributed by atoms with Gasteiger partial charge in [0.1, 0.15) is 11.9 Å². The lowest BCUT2D eigenvalue weighted by Gasteiger charge is -2.07. The van der Waals surface area contributed by atoms with Crippen molar-refractivity contribution in [3.8, 4) is 0 Å². The van der Waals surface area contributed by atoms with Crippen molar-refractivity contribution in [2.45, 2.75) is 18.9 Å². The molecule has 0 aliphatic rings. The number of carboxylic acid groups (broad SMARTS) is 1. The smallest absolute Gasteiger partial charge is 0.320 e. The first kappa shape index (κ1) is 12.5. The van der Waals surface area contributed by atoms with Gasteiger partial charge in [-0.15, -0.1) is 0 Å². The van der Waals surface area contributed by atoms with E-state index < -0.39 is 29.5 Å². The summed E-state index contributed by atoms with van der Waals surface area (Å²) in [7, 11) is 0. The molecule has 0 amide bonds. The fourth-order valence-electron chi connectivity index (χ4n) is 1.19. The molecule has 0 bridgehead atoms. The predicted molar refractivity (Wildman–Crippen MR) is 50.2 cm³/mol. The van der Waals surface area contributed by atoms with Gasteiger partial charge in [-0.3, -0.25) is 4.79 Å². The molecule has 0 aliphatic carbocycles. The van der Waals surface area contributed by atoms with Crippen molar-refractivity contribution in [3.05, 3.63) is 35.1 Å². The fourth-order valence-corrected chi connectivity index (χ4v) is 1.19. The van der Waals surface area contributed by atoms with E-state index in [9.17, 15) is 18.0 Å². The van der Waals surface area contributed by atoms with Crippen molar-refractivity contribution in [2.24, 2.45) is 5.73 Å². The summed E-state index contributed by atoms with van der Waals surface area (Å²) in [5, 5.41) is 8.48. The topological polar surface area (TPSA) is 63.3 Å². The monoisotopic (exact) mass is 233 g/mol. The van der Waals surface area contributed by atoms with Crippen LogP contribution in [0, 0.1) is 17.5 Å². The van der Waals surface area contributed by atoms with Gasteiger partial charge in [0.25, 0.3) is 0 Å². The fraction of sp³-hybridized carbons (Fsp3) is 0.300. The molecule has 88 valence electrons. The van der Waals surface area contributed by atoms with E-state index in [-0.39, 0.29) is 18.4 Å². The number of nitrogens with two attached hydrogens (primary N) is 1. The van der Waals surface area contributed by atoms with Gasteiger partial charge in [-0.05, 0) is 24.5 Å². The van der Waals surface area contributed by atoms with Crippen LogP contribution in [0.25, 0.3) is 0 Å². The summed E-state index contributed by atoms with van der Waals surface area (Å²) >= 11 is 0. The molecule has 0 heterocycles. The zero-order valence-electron chi connectivity index (χ0n) is 8.21. The molecular weight excluding hydrogens is 223 g/mol. The van der Waals surface area contributed by atoms with Crippen LogP contribution in [0.2, 0.25) is 0 Å². The molecule has 0 aliphatic heterocycles. The second kappa shape index (κ2) is 4.98. The molecule has 3 N–H and O–H groups in total. The van der Waals surface area contributed by atoms with Gasteiger partial charge >= 0.3 is 5.97 Å². The lowest BCUT2D eigenvalue weighted by molar-refractivity contribution is -0.138. The lowest BCUT2D eigenvalue weighted by atomic mass is 10.0.